The number of allylic oxidation sites excluding steroid dienone is 1. The Kier molecular flexibility index (Phi) is 11.5. The van der Waals surface area contributed by atoms with Crippen LogP contribution in [-0.2, 0) is 4.74 Å². The zero-order valence-electron chi connectivity index (χ0n) is 12.4. The fraction of sp³-hybridized carbons (Fsp3) is 0.571. The summed E-state index contributed by atoms with van der Waals surface area (Å²) in [7, 11) is 3.55. The number of rotatable bonds is 7. The zero-order chi connectivity index (χ0) is 14.7. The van der Waals surface area contributed by atoms with Crippen LogP contribution in [0.2, 0.25) is 0 Å². The average Bonchev–Trinajstić information content (AvgIpc) is 2.34. The first-order chi connectivity index (χ1) is 8.40. The minimum atomic E-state index is -0.648. The van der Waals surface area contributed by atoms with Crippen LogP contribution in [0.4, 0.5) is 0 Å². The SMILES string of the molecule is C=C(N)/C(=C\C(=C)N(C)CCOC)C(C)O.CC. The van der Waals surface area contributed by atoms with E-state index in [0.29, 0.717) is 17.9 Å². The number of hydrogen-bond donors (Lipinski definition) is 2. The smallest absolute Gasteiger partial charge is 0.0782 e. The Morgan fingerprint density at radius 1 is 1.44 bits per heavy atom. The van der Waals surface area contributed by atoms with Crippen molar-refractivity contribution >= 4 is 0 Å². The van der Waals surface area contributed by atoms with E-state index in [-0.39, 0.29) is 0 Å². The molecule has 0 radical (unpaired) electrons. The number of nitrogens with two attached hydrogens (primary N) is 1. The summed E-state index contributed by atoms with van der Waals surface area (Å²) in [5.74, 6) is 0. The Morgan fingerprint density at radius 2 is 1.94 bits per heavy atom. The molecule has 0 aromatic carbocycles. The third kappa shape index (κ3) is 7.92. The molecule has 0 aliphatic rings. The quantitative estimate of drug-likeness (QED) is 0.683. The van der Waals surface area contributed by atoms with E-state index < -0.39 is 6.10 Å². The van der Waals surface area contributed by atoms with Gasteiger partial charge in [0.15, 0.2) is 0 Å². The van der Waals surface area contributed by atoms with E-state index in [1.54, 1.807) is 20.1 Å². The molecular weight excluding hydrogens is 228 g/mol. The molecule has 0 aliphatic carbocycles. The Labute approximate surface area is 111 Å². The molecule has 4 nitrogen and oxygen atoms in total. The van der Waals surface area contributed by atoms with Gasteiger partial charge in [-0.3, -0.25) is 0 Å². The molecule has 4 heteroatoms. The van der Waals surface area contributed by atoms with Crippen molar-refractivity contribution in [2.75, 3.05) is 27.3 Å². The number of aliphatic hydroxyl groups is 1. The molecule has 1 atom stereocenters. The molecule has 0 rings (SSSR count). The first-order valence-corrected chi connectivity index (χ1v) is 6.13. The summed E-state index contributed by atoms with van der Waals surface area (Å²) >= 11 is 0. The van der Waals surface area contributed by atoms with Crippen LogP contribution in [0.3, 0.4) is 0 Å². The molecule has 0 saturated carbocycles. The van der Waals surface area contributed by atoms with Crippen molar-refractivity contribution in [1.82, 2.24) is 4.90 Å². The number of nitrogens with zero attached hydrogens (tertiary/aromatic N) is 1. The van der Waals surface area contributed by atoms with Gasteiger partial charge in [-0.05, 0) is 13.0 Å². The second kappa shape index (κ2) is 10.9. The maximum atomic E-state index is 9.50. The van der Waals surface area contributed by atoms with E-state index in [1.807, 2.05) is 25.8 Å². The largest absolute Gasteiger partial charge is 0.399 e. The van der Waals surface area contributed by atoms with Crippen molar-refractivity contribution in [3.8, 4) is 0 Å². The summed E-state index contributed by atoms with van der Waals surface area (Å²) in [5.41, 5.74) is 7.29. The Balaban J connectivity index is 0. The molecule has 0 aromatic rings. The van der Waals surface area contributed by atoms with Crippen molar-refractivity contribution in [2.45, 2.75) is 26.9 Å². The number of ether oxygens (including phenoxy) is 1. The zero-order valence-corrected chi connectivity index (χ0v) is 12.4. The van der Waals surface area contributed by atoms with Gasteiger partial charge in [0.05, 0.1) is 12.7 Å². The fourth-order valence-electron chi connectivity index (χ4n) is 1.14. The predicted molar refractivity (Wildman–Crippen MR) is 78.1 cm³/mol. The lowest BCUT2D eigenvalue weighted by Crippen LogP contribution is -2.22. The highest BCUT2D eigenvalue weighted by atomic mass is 16.5. The molecule has 0 heterocycles. The monoisotopic (exact) mass is 256 g/mol. The Bertz CT molecular complexity index is 284. The summed E-state index contributed by atoms with van der Waals surface area (Å²) < 4.78 is 4.97. The van der Waals surface area contributed by atoms with Gasteiger partial charge in [-0.25, -0.2) is 0 Å². The molecule has 0 amide bonds. The number of aliphatic hydroxyl groups excluding tert-OH is 1. The second-order valence-corrected chi connectivity index (χ2v) is 3.71. The molecular formula is C14H28N2O2. The summed E-state index contributed by atoms with van der Waals surface area (Å²) in [5, 5.41) is 9.50. The second-order valence-electron chi connectivity index (χ2n) is 3.71. The predicted octanol–water partition coefficient (Wildman–Crippen LogP) is 1.88. The van der Waals surface area contributed by atoms with Gasteiger partial charge in [-0.2, -0.15) is 0 Å². The molecule has 18 heavy (non-hydrogen) atoms. The van der Waals surface area contributed by atoms with Gasteiger partial charge >= 0.3 is 0 Å². The van der Waals surface area contributed by atoms with Crippen LogP contribution in [0, 0.1) is 0 Å². The summed E-state index contributed by atoms with van der Waals surface area (Å²) in [4.78, 5) is 1.93. The normalized spacial score (nSPS) is 12.2. The van der Waals surface area contributed by atoms with Crippen molar-refractivity contribution in [2.24, 2.45) is 5.73 Å². The molecule has 0 fully saturated rings. The van der Waals surface area contributed by atoms with Crippen LogP contribution in [0.25, 0.3) is 0 Å². The van der Waals surface area contributed by atoms with Gasteiger partial charge in [-0.15, -0.1) is 0 Å². The van der Waals surface area contributed by atoms with Gasteiger partial charge in [0.25, 0.3) is 0 Å². The fourth-order valence-corrected chi connectivity index (χ4v) is 1.14. The first kappa shape index (κ1) is 19.1. The van der Waals surface area contributed by atoms with Gasteiger partial charge in [-0.1, -0.05) is 27.0 Å². The molecule has 0 bridgehead atoms. The summed E-state index contributed by atoms with van der Waals surface area (Å²) in [6, 6.07) is 0. The molecule has 106 valence electrons. The first-order valence-electron chi connectivity index (χ1n) is 6.13. The molecule has 0 aromatic heterocycles. The van der Waals surface area contributed by atoms with Gasteiger partial charge in [0.1, 0.15) is 0 Å². The van der Waals surface area contributed by atoms with E-state index in [2.05, 4.69) is 13.2 Å². The average molecular weight is 256 g/mol. The van der Waals surface area contributed by atoms with Crippen LogP contribution >= 0.6 is 0 Å². The highest BCUT2D eigenvalue weighted by molar-refractivity contribution is 5.34. The van der Waals surface area contributed by atoms with Gasteiger partial charge in [0, 0.05) is 37.7 Å². The lowest BCUT2D eigenvalue weighted by Gasteiger charge is -2.20. The topological polar surface area (TPSA) is 58.7 Å². The van der Waals surface area contributed by atoms with E-state index in [4.69, 9.17) is 10.5 Å². The summed E-state index contributed by atoms with van der Waals surface area (Å²) in [6.45, 7) is 14.5. The molecule has 0 spiro atoms. The maximum absolute atomic E-state index is 9.50. The molecule has 3 N–H and O–H groups in total. The van der Waals surface area contributed by atoms with Crippen molar-refractivity contribution < 1.29 is 9.84 Å². The Morgan fingerprint density at radius 3 is 2.28 bits per heavy atom. The van der Waals surface area contributed by atoms with Crippen molar-refractivity contribution in [1.29, 1.82) is 0 Å². The summed E-state index contributed by atoms with van der Waals surface area (Å²) in [6.07, 6.45) is 1.09. The van der Waals surface area contributed by atoms with Crippen LogP contribution in [0.15, 0.2) is 36.2 Å². The number of hydrogen-bond acceptors (Lipinski definition) is 4. The van der Waals surface area contributed by atoms with Crippen LogP contribution in [0.1, 0.15) is 20.8 Å². The lowest BCUT2D eigenvalue weighted by atomic mass is 10.1. The molecule has 0 aliphatic heterocycles. The minimum Gasteiger partial charge on any atom is -0.399 e. The van der Waals surface area contributed by atoms with Crippen LogP contribution < -0.4 is 5.73 Å². The van der Waals surface area contributed by atoms with E-state index in [9.17, 15) is 5.11 Å². The van der Waals surface area contributed by atoms with E-state index in [0.717, 1.165) is 12.2 Å². The third-order valence-electron chi connectivity index (χ3n) is 2.26. The van der Waals surface area contributed by atoms with E-state index >= 15 is 0 Å². The van der Waals surface area contributed by atoms with Crippen molar-refractivity contribution in [3.63, 3.8) is 0 Å². The highest BCUT2D eigenvalue weighted by Crippen LogP contribution is 2.12. The molecule has 0 saturated heterocycles. The van der Waals surface area contributed by atoms with Crippen LogP contribution in [0.5, 0.6) is 0 Å². The Hall–Kier alpha value is -1.26. The number of likely N-dealkylation sites (N-methyl/N-ethyl adjacent to an activating group) is 1. The van der Waals surface area contributed by atoms with Crippen LogP contribution in [-0.4, -0.2) is 43.4 Å². The maximum Gasteiger partial charge on any atom is 0.0782 e. The van der Waals surface area contributed by atoms with Crippen molar-refractivity contribution in [3.05, 3.63) is 36.2 Å². The van der Waals surface area contributed by atoms with Gasteiger partial charge in [0.2, 0.25) is 0 Å². The minimum absolute atomic E-state index is 0.358. The lowest BCUT2D eigenvalue weighted by molar-refractivity contribution is 0.175. The number of methoxy groups -OCH3 is 1. The highest BCUT2D eigenvalue weighted by Gasteiger charge is 2.08. The molecule has 1 unspecified atom stereocenters. The third-order valence-corrected chi connectivity index (χ3v) is 2.26. The van der Waals surface area contributed by atoms with Gasteiger partial charge < -0.3 is 20.5 Å². The standard InChI is InChI=1S/C12H22N2O2.C2H6/c1-9(14(4)6-7-16-5)8-12(10(2)13)11(3)15;1-2/h8,11,15H,1-2,6-7,13H2,3-5H3;1-2H3/b12-8+;. The van der Waals surface area contributed by atoms with E-state index in [1.165, 1.54) is 0 Å².